The van der Waals surface area contributed by atoms with Crippen LogP contribution in [0.15, 0.2) is 42.5 Å². The summed E-state index contributed by atoms with van der Waals surface area (Å²) < 4.78 is 13.5. The van der Waals surface area contributed by atoms with Gasteiger partial charge >= 0.3 is 12.0 Å². The maximum Gasteiger partial charge on any atom is 0.340 e. The normalized spacial score (nSPS) is 10.0. The van der Waals surface area contributed by atoms with E-state index < -0.39 is 23.4 Å². The highest BCUT2D eigenvalue weighted by molar-refractivity contribution is 6.30. The van der Waals surface area contributed by atoms with Crippen molar-refractivity contribution < 1.29 is 19.1 Å². The van der Waals surface area contributed by atoms with E-state index in [2.05, 4.69) is 10.6 Å². The summed E-state index contributed by atoms with van der Waals surface area (Å²) in [6.45, 7) is 0. The number of rotatable bonds is 3. The SMILES string of the molecule is O=C(Nc1ccc(Cl)cc1)Nc1cccc(F)c1C(=O)O. The molecule has 2 rings (SSSR count). The van der Waals surface area contributed by atoms with Crippen LogP contribution in [0.25, 0.3) is 0 Å². The Bertz CT molecular complexity index is 689. The largest absolute Gasteiger partial charge is 0.478 e. The van der Waals surface area contributed by atoms with Crippen LogP contribution in [0.4, 0.5) is 20.6 Å². The lowest BCUT2D eigenvalue weighted by Crippen LogP contribution is -2.21. The minimum Gasteiger partial charge on any atom is -0.478 e. The van der Waals surface area contributed by atoms with Crippen LogP contribution in [0.2, 0.25) is 5.02 Å². The molecule has 5 nitrogen and oxygen atoms in total. The lowest BCUT2D eigenvalue weighted by Gasteiger charge is -2.10. The number of hydrogen-bond donors (Lipinski definition) is 3. The molecule has 2 amide bonds. The fourth-order valence-electron chi connectivity index (χ4n) is 1.66. The molecule has 3 N–H and O–H groups in total. The van der Waals surface area contributed by atoms with Gasteiger partial charge in [-0.05, 0) is 36.4 Å². The monoisotopic (exact) mass is 308 g/mol. The molecule has 0 unspecified atom stereocenters. The number of nitrogens with one attached hydrogen (secondary N) is 2. The molecule has 2 aromatic carbocycles. The summed E-state index contributed by atoms with van der Waals surface area (Å²) in [4.78, 5) is 22.8. The fraction of sp³-hybridized carbons (Fsp3) is 0. The highest BCUT2D eigenvalue weighted by Crippen LogP contribution is 2.19. The van der Waals surface area contributed by atoms with E-state index in [9.17, 15) is 14.0 Å². The van der Waals surface area contributed by atoms with Crippen molar-refractivity contribution in [2.75, 3.05) is 10.6 Å². The van der Waals surface area contributed by atoms with Crippen molar-refractivity contribution in [1.29, 1.82) is 0 Å². The number of carboxylic acid groups (broad SMARTS) is 1. The van der Waals surface area contributed by atoms with Crippen molar-refractivity contribution in [3.05, 3.63) is 58.9 Å². The Labute approximate surface area is 124 Å². The molecule has 0 bridgehead atoms. The molecule has 0 aliphatic carbocycles. The van der Waals surface area contributed by atoms with Gasteiger partial charge < -0.3 is 15.7 Å². The maximum absolute atomic E-state index is 13.5. The van der Waals surface area contributed by atoms with Crippen molar-refractivity contribution >= 4 is 35.0 Å². The molecule has 0 aromatic heterocycles. The molecule has 0 aliphatic heterocycles. The van der Waals surface area contributed by atoms with Crippen molar-refractivity contribution in [3.8, 4) is 0 Å². The van der Waals surface area contributed by atoms with E-state index in [1.807, 2.05) is 0 Å². The van der Waals surface area contributed by atoms with Gasteiger partial charge in [-0.25, -0.2) is 14.0 Å². The number of benzene rings is 2. The number of carboxylic acids is 1. The van der Waals surface area contributed by atoms with Crippen LogP contribution in [0.1, 0.15) is 10.4 Å². The first-order valence-electron chi connectivity index (χ1n) is 5.83. The van der Waals surface area contributed by atoms with Crippen LogP contribution < -0.4 is 10.6 Å². The topological polar surface area (TPSA) is 78.4 Å². The molecule has 2 aromatic rings. The number of hydrogen-bond acceptors (Lipinski definition) is 2. The van der Waals surface area contributed by atoms with Crippen molar-refractivity contribution in [3.63, 3.8) is 0 Å². The molecule has 21 heavy (non-hydrogen) atoms. The Hall–Kier alpha value is -2.60. The quantitative estimate of drug-likeness (QED) is 0.806. The zero-order valence-electron chi connectivity index (χ0n) is 10.6. The van der Waals surface area contributed by atoms with Crippen LogP contribution in [-0.2, 0) is 0 Å². The van der Waals surface area contributed by atoms with Crippen molar-refractivity contribution in [2.24, 2.45) is 0 Å². The van der Waals surface area contributed by atoms with Crippen LogP contribution in [0, 0.1) is 5.82 Å². The van der Waals surface area contributed by atoms with Gasteiger partial charge in [-0.3, -0.25) is 0 Å². The van der Waals surface area contributed by atoms with E-state index in [0.717, 1.165) is 6.07 Å². The molecule has 0 spiro atoms. The molecule has 0 atom stereocenters. The average Bonchev–Trinajstić information content (AvgIpc) is 2.41. The van der Waals surface area contributed by atoms with Gasteiger partial charge in [-0.1, -0.05) is 17.7 Å². The second-order valence-electron chi connectivity index (χ2n) is 4.05. The van der Waals surface area contributed by atoms with Crippen LogP contribution in [-0.4, -0.2) is 17.1 Å². The van der Waals surface area contributed by atoms with Crippen molar-refractivity contribution in [1.82, 2.24) is 0 Å². The van der Waals surface area contributed by atoms with Crippen molar-refractivity contribution in [2.45, 2.75) is 0 Å². The first-order chi connectivity index (χ1) is 9.97. The van der Waals surface area contributed by atoms with Gasteiger partial charge in [0.2, 0.25) is 0 Å². The van der Waals surface area contributed by atoms with Gasteiger partial charge in [0.25, 0.3) is 0 Å². The van der Waals surface area contributed by atoms with Gasteiger partial charge in [-0.2, -0.15) is 0 Å². The van der Waals surface area contributed by atoms with Gasteiger partial charge in [0.05, 0.1) is 5.69 Å². The molecule has 0 fully saturated rings. The number of aromatic carboxylic acids is 1. The van der Waals surface area contributed by atoms with E-state index in [1.165, 1.54) is 12.1 Å². The number of halogens is 2. The number of carbonyl (C=O) groups excluding carboxylic acids is 1. The van der Waals surface area contributed by atoms with E-state index in [1.54, 1.807) is 24.3 Å². The predicted molar refractivity (Wildman–Crippen MR) is 77.5 cm³/mol. The fourth-order valence-corrected chi connectivity index (χ4v) is 1.79. The van der Waals surface area contributed by atoms with E-state index in [0.29, 0.717) is 10.7 Å². The highest BCUT2D eigenvalue weighted by Gasteiger charge is 2.17. The summed E-state index contributed by atoms with van der Waals surface area (Å²) in [5.41, 5.74) is -0.261. The molecule has 108 valence electrons. The van der Waals surface area contributed by atoms with Gasteiger partial charge in [0.1, 0.15) is 11.4 Å². The summed E-state index contributed by atoms with van der Waals surface area (Å²) in [7, 11) is 0. The predicted octanol–water partition coefficient (Wildman–Crippen LogP) is 3.82. The van der Waals surface area contributed by atoms with Crippen LogP contribution in [0.3, 0.4) is 0 Å². The maximum atomic E-state index is 13.5. The standard InChI is InChI=1S/C14H10ClFN2O3/c15-8-4-6-9(7-5-8)17-14(21)18-11-3-1-2-10(16)12(11)13(19)20/h1-7H,(H,19,20)(H2,17,18,21). The third-order valence-corrected chi connectivity index (χ3v) is 2.83. The first kappa shape index (κ1) is 14.8. The lowest BCUT2D eigenvalue weighted by atomic mass is 10.1. The summed E-state index contributed by atoms with van der Waals surface area (Å²) in [5.74, 6) is -2.39. The Morgan fingerprint density at radius 2 is 1.71 bits per heavy atom. The van der Waals surface area contributed by atoms with Crippen LogP contribution >= 0.6 is 11.6 Å². The average molecular weight is 309 g/mol. The lowest BCUT2D eigenvalue weighted by molar-refractivity contribution is 0.0693. The number of urea groups is 1. The van der Waals surface area contributed by atoms with Gasteiger partial charge in [0.15, 0.2) is 0 Å². The molecule has 0 saturated heterocycles. The summed E-state index contributed by atoms with van der Waals surface area (Å²) in [5, 5.41) is 14.2. The number of anilines is 2. The van der Waals surface area contributed by atoms with E-state index in [4.69, 9.17) is 16.7 Å². The van der Waals surface area contributed by atoms with Gasteiger partial charge in [0, 0.05) is 10.7 Å². The zero-order chi connectivity index (χ0) is 15.4. The molecular weight excluding hydrogens is 299 g/mol. The Morgan fingerprint density at radius 3 is 2.33 bits per heavy atom. The van der Waals surface area contributed by atoms with Gasteiger partial charge in [-0.15, -0.1) is 0 Å². The third kappa shape index (κ3) is 3.70. The number of carbonyl (C=O) groups is 2. The first-order valence-corrected chi connectivity index (χ1v) is 6.20. The second kappa shape index (κ2) is 6.23. The van der Waals surface area contributed by atoms with E-state index in [-0.39, 0.29) is 5.69 Å². The molecule has 0 heterocycles. The minimum atomic E-state index is -1.46. The molecular formula is C14H10ClFN2O3. The smallest absolute Gasteiger partial charge is 0.340 e. The summed E-state index contributed by atoms with van der Waals surface area (Å²) in [6.07, 6.45) is 0. The van der Waals surface area contributed by atoms with E-state index >= 15 is 0 Å². The molecule has 7 heteroatoms. The molecule has 0 saturated carbocycles. The summed E-state index contributed by atoms with van der Waals surface area (Å²) in [6, 6.07) is 9.24. The van der Waals surface area contributed by atoms with Crippen LogP contribution in [0.5, 0.6) is 0 Å². The Balaban J connectivity index is 2.15. The minimum absolute atomic E-state index is 0.131. The highest BCUT2D eigenvalue weighted by atomic mass is 35.5. The molecule has 0 aliphatic rings. The third-order valence-electron chi connectivity index (χ3n) is 2.58. The Morgan fingerprint density at radius 1 is 1.05 bits per heavy atom. The Kier molecular flexibility index (Phi) is 4.39. The zero-order valence-corrected chi connectivity index (χ0v) is 11.3. The summed E-state index contributed by atoms with van der Waals surface area (Å²) >= 11 is 5.72. The second-order valence-corrected chi connectivity index (χ2v) is 4.49. The number of amides is 2. The molecule has 0 radical (unpaired) electrons.